The molecule has 9 heteroatoms. The SMILES string of the molecule is CN(CC(=O)Oc1ccc(Cl)cc1Cl)S(=O)(=O)c1ccc(Cl)cc1. The van der Waals surface area contributed by atoms with E-state index in [0.717, 1.165) is 4.31 Å². The number of hydrogen-bond acceptors (Lipinski definition) is 4. The Balaban J connectivity index is 2.09. The van der Waals surface area contributed by atoms with Crippen molar-refractivity contribution >= 4 is 50.8 Å². The number of nitrogens with zero attached hydrogens (tertiary/aromatic N) is 1. The first-order chi connectivity index (χ1) is 11.2. The molecule has 0 heterocycles. The molecule has 0 radical (unpaired) electrons. The molecule has 0 fully saturated rings. The summed E-state index contributed by atoms with van der Waals surface area (Å²) in [6, 6.07) is 9.97. The lowest BCUT2D eigenvalue weighted by atomic mass is 10.3. The number of carbonyl (C=O) groups is 1. The number of likely N-dealkylation sites (N-methyl/N-ethyl adjacent to an activating group) is 1. The molecule has 2 rings (SSSR count). The predicted octanol–water partition coefficient (Wildman–Crippen LogP) is 3.87. The lowest BCUT2D eigenvalue weighted by molar-refractivity contribution is -0.134. The maximum Gasteiger partial charge on any atom is 0.326 e. The van der Waals surface area contributed by atoms with Crippen LogP contribution in [0.5, 0.6) is 5.75 Å². The molecule has 0 N–H and O–H groups in total. The Morgan fingerprint density at radius 3 is 2.21 bits per heavy atom. The summed E-state index contributed by atoms with van der Waals surface area (Å²) < 4.78 is 30.7. The second-order valence-electron chi connectivity index (χ2n) is 4.76. The van der Waals surface area contributed by atoms with Crippen molar-refractivity contribution in [3.63, 3.8) is 0 Å². The van der Waals surface area contributed by atoms with Crippen LogP contribution in [0.4, 0.5) is 0 Å². The molecule has 0 atom stereocenters. The van der Waals surface area contributed by atoms with E-state index in [-0.39, 0.29) is 15.7 Å². The fourth-order valence-electron chi connectivity index (χ4n) is 1.77. The first-order valence-electron chi connectivity index (χ1n) is 6.58. The molecule has 0 saturated carbocycles. The van der Waals surface area contributed by atoms with Crippen molar-refractivity contribution in [3.8, 4) is 5.75 Å². The van der Waals surface area contributed by atoms with E-state index in [2.05, 4.69) is 0 Å². The highest BCUT2D eigenvalue weighted by Crippen LogP contribution is 2.27. The van der Waals surface area contributed by atoms with E-state index >= 15 is 0 Å². The number of halogens is 3. The average molecular weight is 409 g/mol. The highest BCUT2D eigenvalue weighted by atomic mass is 35.5. The number of carbonyl (C=O) groups excluding carboxylic acids is 1. The molecular formula is C15H12Cl3NO4S. The molecule has 0 aliphatic rings. The normalized spacial score (nSPS) is 11.5. The van der Waals surface area contributed by atoms with Crippen LogP contribution in [0.15, 0.2) is 47.4 Å². The van der Waals surface area contributed by atoms with Gasteiger partial charge in [0.1, 0.15) is 12.3 Å². The van der Waals surface area contributed by atoms with Crippen LogP contribution in [0.25, 0.3) is 0 Å². The Hall–Kier alpha value is -1.31. The van der Waals surface area contributed by atoms with Gasteiger partial charge >= 0.3 is 5.97 Å². The monoisotopic (exact) mass is 407 g/mol. The quantitative estimate of drug-likeness (QED) is 0.556. The van der Waals surface area contributed by atoms with Gasteiger partial charge in [0, 0.05) is 17.1 Å². The number of esters is 1. The number of ether oxygens (including phenoxy) is 1. The smallest absolute Gasteiger partial charge is 0.326 e. The summed E-state index contributed by atoms with van der Waals surface area (Å²) in [6.07, 6.45) is 0. The van der Waals surface area contributed by atoms with Crippen molar-refractivity contribution in [2.24, 2.45) is 0 Å². The third-order valence-electron chi connectivity index (χ3n) is 2.99. The van der Waals surface area contributed by atoms with Crippen molar-refractivity contribution in [2.75, 3.05) is 13.6 Å². The van der Waals surface area contributed by atoms with Crippen LogP contribution in [0.1, 0.15) is 0 Å². The lowest BCUT2D eigenvalue weighted by Crippen LogP contribution is -2.34. The molecule has 0 aromatic heterocycles. The van der Waals surface area contributed by atoms with Gasteiger partial charge in [0.25, 0.3) is 0 Å². The third kappa shape index (κ3) is 4.62. The van der Waals surface area contributed by atoms with Crippen molar-refractivity contribution in [1.82, 2.24) is 4.31 Å². The molecule has 0 aliphatic carbocycles. The molecule has 128 valence electrons. The largest absolute Gasteiger partial charge is 0.424 e. The van der Waals surface area contributed by atoms with Crippen LogP contribution >= 0.6 is 34.8 Å². The van der Waals surface area contributed by atoms with E-state index < -0.39 is 22.5 Å². The summed E-state index contributed by atoms with van der Waals surface area (Å²) in [6.45, 7) is -0.482. The molecule has 0 aliphatic heterocycles. The molecular weight excluding hydrogens is 397 g/mol. The van der Waals surface area contributed by atoms with Crippen molar-refractivity contribution in [3.05, 3.63) is 57.5 Å². The molecule has 0 bridgehead atoms. The maximum atomic E-state index is 12.4. The van der Waals surface area contributed by atoms with Gasteiger partial charge in [-0.1, -0.05) is 34.8 Å². The fourth-order valence-corrected chi connectivity index (χ4v) is 3.45. The van der Waals surface area contributed by atoms with Gasteiger partial charge in [0.2, 0.25) is 10.0 Å². The zero-order valence-corrected chi connectivity index (χ0v) is 15.5. The van der Waals surface area contributed by atoms with Gasteiger partial charge in [0.05, 0.1) is 9.92 Å². The zero-order chi connectivity index (χ0) is 17.9. The standard InChI is InChI=1S/C15H12Cl3NO4S/c1-19(24(21,22)12-5-2-10(16)3-6-12)9-15(20)23-14-7-4-11(17)8-13(14)18/h2-8H,9H2,1H3. The second-order valence-corrected chi connectivity index (χ2v) is 8.09. The second kappa shape index (κ2) is 7.72. The van der Waals surface area contributed by atoms with Crippen LogP contribution in [0, 0.1) is 0 Å². The van der Waals surface area contributed by atoms with Crippen molar-refractivity contribution in [1.29, 1.82) is 0 Å². The summed E-state index contributed by atoms with van der Waals surface area (Å²) in [5.74, 6) is -0.678. The van der Waals surface area contributed by atoms with E-state index in [0.29, 0.717) is 10.0 Å². The molecule has 5 nitrogen and oxygen atoms in total. The minimum atomic E-state index is -3.84. The number of rotatable bonds is 5. The summed E-state index contributed by atoms with van der Waals surface area (Å²) in [4.78, 5) is 12.0. The average Bonchev–Trinajstić information content (AvgIpc) is 2.50. The van der Waals surface area contributed by atoms with Gasteiger partial charge in [-0.2, -0.15) is 4.31 Å². The summed E-state index contributed by atoms with van der Waals surface area (Å²) >= 11 is 17.4. The minimum absolute atomic E-state index is 0.0201. The highest BCUT2D eigenvalue weighted by Gasteiger charge is 2.24. The van der Waals surface area contributed by atoms with Crippen molar-refractivity contribution < 1.29 is 17.9 Å². The predicted molar refractivity (Wildman–Crippen MR) is 93.4 cm³/mol. The molecule has 0 saturated heterocycles. The van der Waals surface area contributed by atoms with Gasteiger partial charge in [-0.05, 0) is 42.5 Å². The van der Waals surface area contributed by atoms with Gasteiger partial charge < -0.3 is 4.74 Å². The van der Waals surface area contributed by atoms with Crippen molar-refractivity contribution in [2.45, 2.75) is 4.90 Å². The van der Waals surface area contributed by atoms with E-state index in [1.165, 1.54) is 49.5 Å². The number of hydrogen-bond donors (Lipinski definition) is 0. The lowest BCUT2D eigenvalue weighted by Gasteiger charge is -2.16. The van der Waals surface area contributed by atoms with Gasteiger partial charge in [-0.3, -0.25) is 4.79 Å². The summed E-state index contributed by atoms with van der Waals surface area (Å²) in [7, 11) is -2.57. The molecule has 24 heavy (non-hydrogen) atoms. The maximum absolute atomic E-state index is 12.4. The molecule has 2 aromatic rings. The Morgan fingerprint density at radius 1 is 1.04 bits per heavy atom. The number of benzene rings is 2. The molecule has 0 spiro atoms. The van der Waals surface area contributed by atoms with Crippen LogP contribution in [0.2, 0.25) is 15.1 Å². The Labute approximate surface area is 154 Å². The summed E-state index contributed by atoms with van der Waals surface area (Å²) in [5, 5.41) is 0.953. The van der Waals surface area contributed by atoms with E-state index in [1.54, 1.807) is 0 Å². The van der Waals surface area contributed by atoms with Crippen LogP contribution < -0.4 is 4.74 Å². The third-order valence-corrected chi connectivity index (χ3v) is 5.59. The van der Waals surface area contributed by atoms with Crippen LogP contribution in [-0.2, 0) is 14.8 Å². The van der Waals surface area contributed by atoms with Crippen LogP contribution in [-0.4, -0.2) is 32.3 Å². The van der Waals surface area contributed by atoms with Crippen LogP contribution in [0.3, 0.4) is 0 Å². The van der Waals surface area contributed by atoms with Gasteiger partial charge in [-0.25, -0.2) is 8.42 Å². The Kier molecular flexibility index (Phi) is 6.11. The van der Waals surface area contributed by atoms with Gasteiger partial charge in [0.15, 0.2) is 0 Å². The van der Waals surface area contributed by atoms with Gasteiger partial charge in [-0.15, -0.1) is 0 Å². The first kappa shape index (κ1) is 19.0. The Morgan fingerprint density at radius 2 is 1.62 bits per heavy atom. The molecule has 2 aromatic carbocycles. The topological polar surface area (TPSA) is 63.7 Å². The van der Waals surface area contributed by atoms with E-state index in [1.807, 2.05) is 0 Å². The Bertz CT molecular complexity index is 854. The zero-order valence-electron chi connectivity index (χ0n) is 12.4. The minimum Gasteiger partial charge on any atom is -0.424 e. The molecule has 0 unspecified atom stereocenters. The fraction of sp³-hybridized carbons (Fsp3) is 0.133. The van der Waals surface area contributed by atoms with E-state index in [4.69, 9.17) is 39.5 Å². The molecule has 0 amide bonds. The summed E-state index contributed by atoms with van der Waals surface area (Å²) in [5.41, 5.74) is 0. The van der Waals surface area contributed by atoms with E-state index in [9.17, 15) is 13.2 Å². The highest BCUT2D eigenvalue weighted by molar-refractivity contribution is 7.89. The first-order valence-corrected chi connectivity index (χ1v) is 9.15. The number of sulfonamides is 1.